The fourth-order valence-corrected chi connectivity index (χ4v) is 5.18. The Labute approximate surface area is 251 Å². The van der Waals surface area contributed by atoms with Gasteiger partial charge >= 0.3 is 12.1 Å². The largest absolute Gasteiger partial charge is 0.492 e. The normalized spacial score (nSPS) is 13.9. The van der Waals surface area contributed by atoms with Crippen LogP contribution in [0.25, 0.3) is 21.9 Å². The third-order valence-corrected chi connectivity index (χ3v) is 7.45. The Morgan fingerprint density at radius 2 is 1.60 bits per heavy atom. The second-order valence-electron chi connectivity index (χ2n) is 11.5. The average Bonchev–Trinajstić information content (AvgIpc) is 2.97. The van der Waals surface area contributed by atoms with Crippen molar-refractivity contribution in [3.63, 3.8) is 0 Å². The van der Waals surface area contributed by atoms with E-state index in [1.54, 1.807) is 12.1 Å². The van der Waals surface area contributed by atoms with E-state index in [9.17, 15) is 14.7 Å². The summed E-state index contributed by atoms with van der Waals surface area (Å²) in [7, 11) is 1.43. The molecule has 0 spiro atoms. The van der Waals surface area contributed by atoms with Gasteiger partial charge in [0.05, 0.1) is 43.1 Å². The lowest BCUT2D eigenvalue weighted by molar-refractivity contribution is 0.0336. The topological polar surface area (TPSA) is 125 Å². The summed E-state index contributed by atoms with van der Waals surface area (Å²) in [5, 5.41) is 19.4. The zero-order chi connectivity index (χ0) is 30.6. The molecule has 1 aromatic heterocycles. The van der Waals surface area contributed by atoms with Crippen LogP contribution in [-0.2, 0) is 16.7 Å². The third-order valence-electron chi connectivity index (χ3n) is 7.45. The van der Waals surface area contributed by atoms with Gasteiger partial charge in [-0.1, -0.05) is 57.2 Å². The van der Waals surface area contributed by atoms with Crippen LogP contribution in [0.5, 0.6) is 5.75 Å². The number of benzene rings is 3. The minimum atomic E-state index is -1.23. The summed E-state index contributed by atoms with van der Waals surface area (Å²) < 4.78 is 10.9. The number of nitrogens with zero attached hydrogens (tertiary/aromatic N) is 2. The molecule has 4 N–H and O–H groups in total. The molecule has 0 saturated carbocycles. The number of anilines is 3. The van der Waals surface area contributed by atoms with Gasteiger partial charge in [-0.3, -0.25) is 15.2 Å². The van der Waals surface area contributed by atoms with Crippen LogP contribution in [0.3, 0.4) is 0 Å². The van der Waals surface area contributed by atoms with Crippen LogP contribution in [0.4, 0.5) is 26.7 Å². The Hall–Kier alpha value is -4.67. The molecule has 10 nitrogen and oxygen atoms in total. The van der Waals surface area contributed by atoms with Crippen molar-refractivity contribution in [2.24, 2.45) is 0 Å². The highest BCUT2D eigenvalue weighted by molar-refractivity contribution is 6.10. The molecule has 0 unspecified atom stereocenters. The molecule has 0 atom stereocenters. The summed E-state index contributed by atoms with van der Waals surface area (Å²) >= 11 is 0. The SMILES string of the molecule is COc1c(NC(=O)O)cc(C(C)(C)C)cc1NC(=O)Nc1ccc(-c2ccc(CN3CCOCC3)nc2)c2ccccc12. The van der Waals surface area contributed by atoms with Crippen molar-refractivity contribution >= 4 is 40.0 Å². The van der Waals surface area contributed by atoms with Gasteiger partial charge in [0.2, 0.25) is 0 Å². The zero-order valence-electron chi connectivity index (χ0n) is 24.9. The predicted molar refractivity (Wildman–Crippen MR) is 169 cm³/mol. The maximum absolute atomic E-state index is 13.3. The molecular formula is C33H37N5O5. The van der Waals surface area contributed by atoms with Gasteiger partial charge < -0.3 is 25.2 Å². The number of methoxy groups -OCH3 is 1. The van der Waals surface area contributed by atoms with E-state index in [1.807, 2.05) is 63.4 Å². The first-order chi connectivity index (χ1) is 20.6. The minimum absolute atomic E-state index is 0.218. The number of morpholine rings is 1. The highest BCUT2D eigenvalue weighted by Crippen LogP contribution is 2.39. The summed E-state index contributed by atoms with van der Waals surface area (Å²) in [6.07, 6.45) is 0.669. The van der Waals surface area contributed by atoms with Crippen LogP contribution < -0.4 is 20.7 Å². The number of amides is 3. The smallest absolute Gasteiger partial charge is 0.409 e. The number of carbonyl (C=O) groups excluding carboxylic acids is 1. The Balaban J connectivity index is 1.39. The number of aromatic nitrogens is 1. The summed E-state index contributed by atoms with van der Waals surface area (Å²) in [5.74, 6) is 0.218. The molecule has 10 heteroatoms. The third kappa shape index (κ3) is 7.04. The highest BCUT2D eigenvalue weighted by atomic mass is 16.5. The number of carboxylic acid groups (broad SMARTS) is 1. The van der Waals surface area contributed by atoms with Gasteiger partial charge in [-0.15, -0.1) is 0 Å². The van der Waals surface area contributed by atoms with Gasteiger partial charge in [-0.25, -0.2) is 9.59 Å². The maximum atomic E-state index is 13.3. The van der Waals surface area contributed by atoms with Crippen LogP contribution in [0.1, 0.15) is 32.0 Å². The van der Waals surface area contributed by atoms with E-state index in [-0.39, 0.29) is 16.9 Å². The van der Waals surface area contributed by atoms with Gasteiger partial charge in [0.25, 0.3) is 0 Å². The maximum Gasteiger partial charge on any atom is 0.409 e. The highest BCUT2D eigenvalue weighted by Gasteiger charge is 2.22. The zero-order valence-corrected chi connectivity index (χ0v) is 24.9. The summed E-state index contributed by atoms with van der Waals surface area (Å²) in [6.45, 7) is 10.1. The summed E-state index contributed by atoms with van der Waals surface area (Å²) in [6, 6.07) is 18.9. The van der Waals surface area contributed by atoms with Crippen molar-refractivity contribution in [3.8, 4) is 16.9 Å². The van der Waals surface area contributed by atoms with Crippen molar-refractivity contribution in [3.05, 3.63) is 78.1 Å². The van der Waals surface area contributed by atoms with Crippen molar-refractivity contribution in [1.82, 2.24) is 9.88 Å². The molecular weight excluding hydrogens is 546 g/mol. The second-order valence-corrected chi connectivity index (χ2v) is 11.5. The monoisotopic (exact) mass is 583 g/mol. The first-order valence-corrected chi connectivity index (χ1v) is 14.2. The number of hydrogen-bond donors (Lipinski definition) is 4. The van der Waals surface area contributed by atoms with Crippen molar-refractivity contribution < 1.29 is 24.2 Å². The molecule has 0 bridgehead atoms. The fourth-order valence-electron chi connectivity index (χ4n) is 5.18. The average molecular weight is 584 g/mol. The van der Waals surface area contributed by atoms with Crippen LogP contribution >= 0.6 is 0 Å². The quantitative estimate of drug-likeness (QED) is 0.189. The molecule has 0 radical (unpaired) electrons. The second kappa shape index (κ2) is 12.7. The molecule has 4 aromatic rings. The molecule has 2 heterocycles. The summed E-state index contributed by atoms with van der Waals surface area (Å²) in [5.41, 5.74) is 4.75. The Bertz CT molecular complexity index is 1630. The molecule has 43 heavy (non-hydrogen) atoms. The molecule has 0 aliphatic carbocycles. The molecule has 5 rings (SSSR count). The van der Waals surface area contributed by atoms with Gasteiger partial charge in [0.1, 0.15) is 0 Å². The summed E-state index contributed by atoms with van der Waals surface area (Å²) in [4.78, 5) is 31.8. The van der Waals surface area contributed by atoms with E-state index in [0.29, 0.717) is 11.4 Å². The van der Waals surface area contributed by atoms with Crippen LogP contribution in [0.15, 0.2) is 66.9 Å². The van der Waals surface area contributed by atoms with Crippen LogP contribution in [0, 0.1) is 0 Å². The van der Waals surface area contributed by atoms with Crippen LogP contribution in [0.2, 0.25) is 0 Å². The Kier molecular flexibility index (Phi) is 8.79. The van der Waals surface area contributed by atoms with E-state index in [4.69, 9.17) is 14.5 Å². The standard InChI is InChI=1S/C33H37N5O5/c1-33(2,3)22-17-28(30(42-4)29(18-22)37-32(40)41)36-31(39)35-27-12-11-24(25-7-5-6-8-26(25)27)21-9-10-23(34-19-21)20-38-13-15-43-16-14-38/h5-12,17-19,37H,13-16,20H2,1-4H3,(H,40,41)(H2,35,36,39). The molecule has 1 fully saturated rings. The number of ether oxygens (including phenoxy) is 2. The van der Waals surface area contributed by atoms with Gasteiger partial charge in [0, 0.05) is 36.8 Å². The van der Waals surface area contributed by atoms with E-state index in [1.165, 1.54) is 7.11 Å². The molecule has 1 saturated heterocycles. The molecule has 1 aliphatic heterocycles. The minimum Gasteiger partial charge on any atom is -0.492 e. The first kappa shape index (κ1) is 29.8. The molecule has 1 aliphatic rings. The lowest BCUT2D eigenvalue weighted by Crippen LogP contribution is -2.35. The fraction of sp³-hybridized carbons (Fsp3) is 0.303. The number of rotatable bonds is 7. The number of hydrogen-bond acceptors (Lipinski definition) is 6. The van der Waals surface area contributed by atoms with E-state index in [0.717, 1.165) is 66.0 Å². The number of nitrogens with one attached hydrogen (secondary N) is 3. The molecule has 3 amide bonds. The first-order valence-electron chi connectivity index (χ1n) is 14.2. The van der Waals surface area contributed by atoms with Crippen molar-refractivity contribution in [2.45, 2.75) is 32.7 Å². The number of urea groups is 1. The lowest BCUT2D eigenvalue weighted by atomic mass is 9.86. The van der Waals surface area contributed by atoms with E-state index in [2.05, 4.69) is 33.0 Å². The van der Waals surface area contributed by atoms with Gasteiger partial charge in [-0.2, -0.15) is 0 Å². The van der Waals surface area contributed by atoms with E-state index >= 15 is 0 Å². The molecule has 3 aromatic carbocycles. The predicted octanol–water partition coefficient (Wildman–Crippen LogP) is 6.77. The van der Waals surface area contributed by atoms with Gasteiger partial charge in [-0.05, 0) is 46.2 Å². The van der Waals surface area contributed by atoms with Crippen molar-refractivity contribution in [1.29, 1.82) is 0 Å². The van der Waals surface area contributed by atoms with Crippen LogP contribution in [-0.4, -0.2) is 60.5 Å². The number of carbonyl (C=O) groups is 2. The van der Waals surface area contributed by atoms with Crippen molar-refractivity contribution in [2.75, 3.05) is 49.4 Å². The lowest BCUT2D eigenvalue weighted by Gasteiger charge is -2.26. The Morgan fingerprint density at radius 1 is 0.930 bits per heavy atom. The number of fused-ring (bicyclic) bond motifs is 1. The van der Waals surface area contributed by atoms with E-state index < -0.39 is 12.1 Å². The molecule has 224 valence electrons. The Morgan fingerprint density at radius 3 is 2.23 bits per heavy atom. The van der Waals surface area contributed by atoms with Gasteiger partial charge in [0.15, 0.2) is 5.75 Å². The number of pyridine rings is 1.